The Kier molecular flexibility index (Phi) is 40.3. The Morgan fingerprint density at radius 2 is 0.631 bits per heavy atom. The minimum atomic E-state index is -5.29. The molecule has 0 aliphatic carbocycles. The van der Waals surface area contributed by atoms with E-state index in [0.717, 1.165) is 79.9 Å². The van der Waals surface area contributed by atoms with E-state index >= 15 is 0 Å². The second-order valence-electron chi connectivity index (χ2n) is 25.3. The van der Waals surface area contributed by atoms with Gasteiger partial charge in [-0.2, -0.15) is 79.0 Å². The number of rotatable bonds is 28. The molecule has 2 heterocycles. The van der Waals surface area contributed by atoms with Gasteiger partial charge in [-0.25, -0.2) is 37.9 Å². The first kappa shape index (κ1) is 109. The van der Waals surface area contributed by atoms with Crippen molar-refractivity contribution in [1.82, 2.24) is 9.97 Å². The lowest BCUT2D eigenvalue weighted by atomic mass is 9.89. The number of nitrogens with two attached hydrogens (primary N) is 1. The zero-order valence-corrected chi connectivity index (χ0v) is 70.2. The molecular weight excluding hydrogens is 1850 g/mol. The molecule has 710 valence electrons. The van der Waals surface area contributed by atoms with Crippen LogP contribution in [0, 0.1) is 11.6 Å². The van der Waals surface area contributed by atoms with E-state index in [-0.39, 0.29) is 124 Å². The van der Waals surface area contributed by atoms with Crippen LogP contribution in [0.1, 0.15) is 76.0 Å². The minimum Gasteiger partial charge on any atom is -0.504 e. The van der Waals surface area contributed by atoms with Crippen LogP contribution in [0.15, 0.2) is 152 Å². The Morgan fingerprint density at radius 1 is 0.354 bits per heavy atom. The molecule has 130 heavy (non-hydrogen) atoms. The van der Waals surface area contributed by atoms with Crippen molar-refractivity contribution in [2.75, 3.05) is 104 Å². The number of carbonyl (C=O) groups excluding carboxylic acids is 4. The number of ketones is 1. The number of esters is 3. The van der Waals surface area contributed by atoms with Crippen molar-refractivity contribution in [2.45, 2.75) is 61.1 Å². The lowest BCUT2D eigenvalue weighted by Crippen LogP contribution is -2.48. The third kappa shape index (κ3) is 32.4. The van der Waals surface area contributed by atoms with Gasteiger partial charge in [0.15, 0.2) is 89.7 Å². The van der Waals surface area contributed by atoms with Crippen LogP contribution in [0.2, 0.25) is 10.0 Å². The van der Waals surface area contributed by atoms with Gasteiger partial charge in [0.2, 0.25) is 11.2 Å². The summed E-state index contributed by atoms with van der Waals surface area (Å²) in [5.74, 6) is -5.78. The average molecular weight is 1920 g/mol. The van der Waals surface area contributed by atoms with E-state index in [1.54, 1.807) is 0 Å². The lowest BCUT2D eigenvalue weighted by molar-refractivity contribution is -0.270. The van der Waals surface area contributed by atoms with E-state index in [1.807, 2.05) is 0 Å². The van der Waals surface area contributed by atoms with Crippen LogP contribution in [-0.2, 0) is 25.4 Å². The molecule has 2 unspecified atom stereocenters. The lowest BCUT2D eigenvalue weighted by Gasteiger charge is -2.30. The first-order valence-electron chi connectivity index (χ1n) is 35.7. The minimum absolute atomic E-state index is 0.00449. The summed E-state index contributed by atoms with van der Waals surface area (Å²) in [6.07, 6.45) is -30.3. The molecular formula is C82H75Cl2F20N3O23. The highest BCUT2D eigenvalue weighted by molar-refractivity contribution is 6.31. The number of alkyl halides is 18. The smallest absolute Gasteiger partial charge is 0.424 e. The quantitative estimate of drug-likeness (QED) is 0.0132. The van der Waals surface area contributed by atoms with Crippen LogP contribution in [0.3, 0.4) is 0 Å². The topological polar surface area (TPSA) is 347 Å². The van der Waals surface area contributed by atoms with Crippen molar-refractivity contribution in [2.24, 2.45) is 5.73 Å². The molecule has 9 aromatic rings. The van der Waals surface area contributed by atoms with Gasteiger partial charge >= 0.3 is 60.9 Å². The van der Waals surface area contributed by atoms with Gasteiger partial charge in [0, 0.05) is 29.7 Å². The fraction of sp³-hybridized carbons (Fsp3) is 0.305. The van der Waals surface area contributed by atoms with Crippen molar-refractivity contribution < 1.29 is 199 Å². The zero-order chi connectivity index (χ0) is 98.4. The van der Waals surface area contributed by atoms with Crippen molar-refractivity contribution in [1.29, 1.82) is 0 Å². The highest BCUT2D eigenvalue weighted by Gasteiger charge is 2.57. The third-order valence-electron chi connectivity index (χ3n) is 16.6. The average Bonchev–Trinajstić information content (AvgIpc) is 0.768. The van der Waals surface area contributed by atoms with E-state index in [0.29, 0.717) is 5.56 Å². The molecule has 2 aromatic heterocycles. The summed E-state index contributed by atoms with van der Waals surface area (Å²) in [4.78, 5) is 64.6. The summed E-state index contributed by atoms with van der Waals surface area (Å²) in [5.41, 5.74) is -2.87. The molecule has 0 amide bonds. The number of halogens is 22. The standard InChI is InChI=1S/C26H21ClF7NO5.C15H13ClF4N2O2.2C11H11F3O4.C10H9F3O4.C9H10O4/c1-38-20-7-8-22(35-23(20)15-3-5-17(28)16(27)11-15)24(37,26(32,33)34)10-9-18(36)14-4-6-19(21(12-14)39-2)40-13-25(29,30)31;1-24-11-4-5-12(14(23,7-21)15(18,19)20)22-13(11)8-2-3-10(17)9(16)6-8;2*1-16-9-5-7(10(15)17-2)3-4-8(9)18-6-11(12,13)14;1-16-8-4-6(9(14)15)2-3-7(8)17-5-10(11,12)13;1-12-8-5-6(9(11)13-2)3-4-7(8)10/h3-8,11-12,37H,9-10,13H2,1-2H3;2-6,23H,7,21H2,1H3;2*3-5H,6H2,1-2H3;2-4H,5H2,1H3,(H,14,15);3-5,10H,1-2H3. The number of methoxy groups -OCH3 is 10. The molecule has 0 aliphatic rings. The van der Waals surface area contributed by atoms with Crippen LogP contribution in [-0.4, -0.2) is 201 Å². The fourth-order valence-electron chi connectivity index (χ4n) is 10.1. The molecule has 0 saturated carbocycles. The summed E-state index contributed by atoms with van der Waals surface area (Å²) < 4.78 is 320. The molecule has 7 aromatic carbocycles. The van der Waals surface area contributed by atoms with Crippen molar-refractivity contribution in [3.05, 3.63) is 213 Å². The van der Waals surface area contributed by atoms with Crippen molar-refractivity contribution in [3.63, 3.8) is 0 Å². The largest absolute Gasteiger partial charge is 0.504 e. The monoisotopic (exact) mass is 1920 g/mol. The Hall–Kier alpha value is -13.0. The van der Waals surface area contributed by atoms with Crippen LogP contribution < -0.4 is 57.8 Å². The number of aromatic hydroxyl groups is 1. The fourth-order valence-corrected chi connectivity index (χ4v) is 10.5. The van der Waals surface area contributed by atoms with E-state index in [4.69, 9.17) is 67.2 Å². The van der Waals surface area contributed by atoms with E-state index in [9.17, 15) is 127 Å². The summed E-state index contributed by atoms with van der Waals surface area (Å²) in [7, 11) is 12.5. The number of phenols is 1. The molecule has 0 fully saturated rings. The van der Waals surface area contributed by atoms with Gasteiger partial charge in [0.25, 0.3) is 0 Å². The summed E-state index contributed by atoms with van der Waals surface area (Å²) in [6, 6.07) is 29.2. The predicted octanol–water partition coefficient (Wildman–Crippen LogP) is 18.5. The normalized spacial score (nSPS) is 12.2. The number of aliphatic hydroxyl groups is 2. The van der Waals surface area contributed by atoms with Gasteiger partial charge in [-0.3, -0.25) is 4.79 Å². The van der Waals surface area contributed by atoms with Gasteiger partial charge in [-0.15, -0.1) is 0 Å². The third-order valence-corrected chi connectivity index (χ3v) is 17.1. The molecule has 2 atom stereocenters. The SMILES string of the molecule is COC(=O)c1ccc(O)c(OC)c1.COC(=O)c1ccc(OCC(F)(F)F)c(OC)c1.COC(=O)c1ccc(OCC(F)(F)F)c(OC)c1.COc1cc(C(=O)CCC(O)(c2ccc(OC)c(-c3ccc(F)c(Cl)c3)n2)C(F)(F)F)ccc1OCC(F)(F)F.COc1cc(C(=O)O)ccc1OCC(F)(F)F.COc1ccc(C(O)(CN)C(F)(F)F)nc1-c1ccc(F)c(Cl)c1. The first-order chi connectivity index (χ1) is 60.5. The van der Waals surface area contributed by atoms with Crippen LogP contribution in [0.4, 0.5) is 87.8 Å². The summed E-state index contributed by atoms with van der Waals surface area (Å²) >= 11 is 11.5. The van der Waals surface area contributed by atoms with Gasteiger partial charge in [-0.1, -0.05) is 23.2 Å². The number of phenolic OH excluding ortho intramolecular Hbond substituents is 1. The van der Waals surface area contributed by atoms with E-state index in [2.05, 4.69) is 43.1 Å². The highest BCUT2D eigenvalue weighted by atomic mass is 35.5. The van der Waals surface area contributed by atoms with Gasteiger partial charge in [0.1, 0.15) is 34.5 Å². The molecule has 0 bridgehead atoms. The summed E-state index contributed by atoms with van der Waals surface area (Å²) in [6.45, 7) is -7.06. The molecule has 26 nitrogen and oxygen atoms in total. The van der Waals surface area contributed by atoms with Crippen LogP contribution in [0.5, 0.6) is 69.0 Å². The van der Waals surface area contributed by atoms with E-state index < -0.39 is 147 Å². The van der Waals surface area contributed by atoms with Crippen molar-refractivity contribution >= 4 is 52.9 Å². The number of aromatic nitrogens is 2. The zero-order valence-electron chi connectivity index (χ0n) is 68.7. The van der Waals surface area contributed by atoms with E-state index in [1.165, 1.54) is 143 Å². The number of Topliss-reactive ketones (excluding diaryl/α,β-unsaturated/α-hetero) is 1. The first-order valence-corrected chi connectivity index (χ1v) is 36.4. The van der Waals surface area contributed by atoms with Gasteiger partial charge in [-0.05, 0) is 158 Å². The number of nitrogens with zero attached hydrogens (tertiary/aromatic N) is 2. The maximum absolute atomic E-state index is 14.2. The maximum atomic E-state index is 14.2. The second-order valence-corrected chi connectivity index (χ2v) is 26.2. The molecule has 0 saturated heterocycles. The van der Waals surface area contributed by atoms with Crippen molar-refractivity contribution in [3.8, 4) is 91.5 Å². The number of hydrogen-bond acceptors (Lipinski definition) is 25. The van der Waals surface area contributed by atoms with Gasteiger partial charge in [0.05, 0.1) is 115 Å². The molecule has 0 spiro atoms. The predicted molar refractivity (Wildman–Crippen MR) is 419 cm³/mol. The maximum Gasteiger partial charge on any atom is 0.424 e. The van der Waals surface area contributed by atoms with Crippen LogP contribution >= 0.6 is 23.2 Å². The molecule has 6 N–H and O–H groups in total. The molecule has 0 aliphatic heterocycles. The second kappa shape index (κ2) is 47.9. The number of hydrogen-bond donors (Lipinski definition) is 5. The summed E-state index contributed by atoms with van der Waals surface area (Å²) in [5, 5.41) is 38.1. The number of carboxylic acids is 1. The number of benzene rings is 7. The number of carbonyl (C=O) groups is 5. The number of carboxylic acid groups (broad SMARTS) is 1. The Balaban J connectivity index is 0.000000342. The Bertz CT molecular complexity index is 5240. The Labute approximate surface area is 733 Å². The molecule has 9 rings (SSSR count). The highest BCUT2D eigenvalue weighted by Crippen LogP contribution is 2.46. The number of ether oxygens (including phenoxy) is 14. The van der Waals surface area contributed by atoms with Crippen LogP contribution in [0.25, 0.3) is 22.5 Å². The Morgan fingerprint density at radius 3 is 0.915 bits per heavy atom. The van der Waals surface area contributed by atoms with Gasteiger partial charge < -0.3 is 92.5 Å². The number of aromatic carboxylic acids is 1. The number of pyridine rings is 2. The molecule has 0 radical (unpaired) electrons. The molecule has 48 heteroatoms.